The van der Waals surface area contributed by atoms with Crippen LogP contribution < -0.4 is 4.72 Å². The lowest BCUT2D eigenvalue weighted by Gasteiger charge is -2.25. The van der Waals surface area contributed by atoms with Gasteiger partial charge in [0.2, 0.25) is 0 Å². The van der Waals surface area contributed by atoms with Crippen LogP contribution in [0.2, 0.25) is 0 Å². The molecule has 7 heteroatoms. The van der Waals surface area contributed by atoms with Crippen LogP contribution in [0.15, 0.2) is 16.7 Å². The average molecular weight is 385 g/mol. The van der Waals surface area contributed by atoms with Gasteiger partial charge >= 0.3 is 0 Å². The highest BCUT2D eigenvalue weighted by Crippen LogP contribution is 2.41. The van der Waals surface area contributed by atoms with Crippen LogP contribution in [-0.2, 0) is 11.4 Å². The van der Waals surface area contributed by atoms with E-state index in [0.29, 0.717) is 11.7 Å². The molecule has 2 heterocycles. The zero-order valence-corrected chi connectivity index (χ0v) is 15.7. The van der Waals surface area contributed by atoms with E-state index in [9.17, 15) is 4.55 Å². The first kappa shape index (κ1) is 16.2. The summed E-state index contributed by atoms with van der Waals surface area (Å²) in [5, 5.41) is 4.56. The zero-order valence-electron chi connectivity index (χ0n) is 13.3. The Kier molecular flexibility index (Phi) is 4.26. The molecule has 3 rings (SSSR count). The second kappa shape index (κ2) is 5.78. The molecule has 2 aromatic rings. The van der Waals surface area contributed by atoms with Gasteiger partial charge in [-0.25, -0.2) is 9.50 Å². The van der Waals surface area contributed by atoms with E-state index in [0.717, 1.165) is 10.1 Å². The minimum Gasteiger partial charge on any atom is -0.598 e. The summed E-state index contributed by atoms with van der Waals surface area (Å²) in [7, 11) is 0. The molecule has 1 N–H and O–H groups in total. The molecule has 1 aliphatic rings. The summed E-state index contributed by atoms with van der Waals surface area (Å²) in [5.41, 5.74) is 2.10. The second-order valence-corrected chi connectivity index (χ2v) is 9.71. The van der Waals surface area contributed by atoms with Crippen molar-refractivity contribution < 1.29 is 4.55 Å². The Hall–Kier alpha value is -0.630. The third-order valence-corrected chi connectivity index (χ3v) is 5.97. The van der Waals surface area contributed by atoms with Gasteiger partial charge in [-0.05, 0) is 74.0 Å². The van der Waals surface area contributed by atoms with Crippen molar-refractivity contribution in [3.8, 4) is 0 Å². The summed E-state index contributed by atoms with van der Waals surface area (Å²) in [6.07, 6.45) is 4.56. The molecule has 0 aromatic carbocycles. The fraction of sp³-hybridized carbons (Fsp3) is 0.600. The van der Waals surface area contributed by atoms with Crippen LogP contribution in [0.1, 0.15) is 63.9 Å². The van der Waals surface area contributed by atoms with Crippen LogP contribution in [0.5, 0.6) is 0 Å². The quantitative estimate of drug-likeness (QED) is 0.819. The lowest BCUT2D eigenvalue weighted by molar-refractivity contribution is 0.526. The first-order valence-electron chi connectivity index (χ1n) is 7.49. The summed E-state index contributed by atoms with van der Waals surface area (Å²) in [5.74, 6) is 1.32. The van der Waals surface area contributed by atoms with Gasteiger partial charge in [-0.15, -0.1) is 9.82 Å². The van der Waals surface area contributed by atoms with Crippen molar-refractivity contribution in [2.45, 2.75) is 57.2 Å². The van der Waals surface area contributed by atoms with Gasteiger partial charge in [0.25, 0.3) is 0 Å². The van der Waals surface area contributed by atoms with Crippen molar-refractivity contribution in [1.82, 2.24) is 19.3 Å². The molecule has 0 bridgehead atoms. The van der Waals surface area contributed by atoms with Crippen molar-refractivity contribution >= 4 is 32.9 Å². The van der Waals surface area contributed by atoms with Gasteiger partial charge in [0, 0.05) is 17.6 Å². The molecule has 0 aliphatic heterocycles. The minimum absolute atomic E-state index is 0.170. The highest BCUT2D eigenvalue weighted by atomic mass is 79.9. The fourth-order valence-electron chi connectivity index (χ4n) is 2.20. The molecule has 0 radical (unpaired) electrons. The summed E-state index contributed by atoms with van der Waals surface area (Å²) in [4.78, 5) is 4.58. The van der Waals surface area contributed by atoms with Gasteiger partial charge in [0.05, 0.1) is 4.47 Å². The van der Waals surface area contributed by atoms with E-state index in [1.54, 1.807) is 0 Å². The second-order valence-electron chi connectivity index (χ2n) is 6.85. The first-order valence-corrected chi connectivity index (χ1v) is 9.44. The molecule has 120 valence electrons. The number of pyridine rings is 1. The van der Waals surface area contributed by atoms with E-state index in [4.69, 9.17) is 0 Å². The number of nitrogens with one attached hydrogen (secondary N) is 1. The first-order chi connectivity index (χ1) is 10.3. The van der Waals surface area contributed by atoms with Crippen molar-refractivity contribution in [2.75, 3.05) is 0 Å². The van der Waals surface area contributed by atoms with Crippen LogP contribution in [0.25, 0.3) is 5.65 Å². The molecule has 0 amide bonds. The Morgan fingerprint density at radius 2 is 2.14 bits per heavy atom. The Labute approximate surface area is 142 Å². The summed E-state index contributed by atoms with van der Waals surface area (Å²) in [6.45, 7) is 7.77. The maximum atomic E-state index is 12.2. The lowest BCUT2D eigenvalue weighted by Crippen LogP contribution is -2.40. The van der Waals surface area contributed by atoms with Crippen LogP contribution in [-0.4, -0.2) is 23.9 Å². The maximum Gasteiger partial charge on any atom is 0.172 e. The molecule has 1 unspecified atom stereocenters. The Bertz CT molecular complexity index is 693. The maximum absolute atomic E-state index is 12.2. The van der Waals surface area contributed by atoms with Gasteiger partial charge in [0.1, 0.15) is 10.8 Å². The summed E-state index contributed by atoms with van der Waals surface area (Å²) < 4.78 is 17.8. The molecule has 1 aliphatic carbocycles. The van der Waals surface area contributed by atoms with E-state index in [-0.39, 0.29) is 10.8 Å². The summed E-state index contributed by atoms with van der Waals surface area (Å²) >= 11 is 2.44. The molecule has 1 fully saturated rings. The van der Waals surface area contributed by atoms with Gasteiger partial charge in [-0.3, -0.25) is 0 Å². The number of fused-ring (bicyclic) bond motifs is 1. The molecular weight excluding hydrogens is 364 g/mol. The number of hydrogen-bond donors (Lipinski definition) is 1. The van der Waals surface area contributed by atoms with Crippen LogP contribution in [0.3, 0.4) is 0 Å². The topological polar surface area (TPSA) is 65.3 Å². The number of hydrogen-bond acceptors (Lipinski definition) is 4. The van der Waals surface area contributed by atoms with Gasteiger partial charge in [-0.2, -0.15) is 0 Å². The fourth-order valence-corrected chi connectivity index (χ4v) is 3.51. The Morgan fingerprint density at radius 1 is 1.45 bits per heavy atom. The number of rotatable bonds is 4. The van der Waals surface area contributed by atoms with Crippen LogP contribution in [0.4, 0.5) is 0 Å². The van der Waals surface area contributed by atoms with Gasteiger partial charge < -0.3 is 4.55 Å². The highest BCUT2D eigenvalue weighted by molar-refractivity contribution is 9.10. The summed E-state index contributed by atoms with van der Waals surface area (Å²) in [6, 6.07) is 1.97. The molecule has 2 aromatic heterocycles. The zero-order chi connectivity index (χ0) is 16.1. The van der Waals surface area contributed by atoms with E-state index in [2.05, 4.69) is 43.0 Å². The molecule has 0 saturated heterocycles. The monoisotopic (exact) mass is 384 g/mol. The number of nitrogens with zero attached hydrogens (tertiary/aromatic N) is 3. The Morgan fingerprint density at radius 3 is 2.73 bits per heavy atom. The average Bonchev–Trinajstić information content (AvgIpc) is 3.17. The van der Waals surface area contributed by atoms with E-state index in [1.165, 1.54) is 18.4 Å². The predicted molar refractivity (Wildman–Crippen MR) is 92.1 cm³/mol. The van der Waals surface area contributed by atoms with Crippen molar-refractivity contribution in [1.29, 1.82) is 0 Å². The highest BCUT2D eigenvalue weighted by Gasteiger charge is 2.30. The van der Waals surface area contributed by atoms with Crippen LogP contribution >= 0.6 is 15.9 Å². The Balaban J connectivity index is 1.86. The molecule has 5 nitrogen and oxygen atoms in total. The SMILES string of the molecule is C[C@@H](N[S+]([O-])C(C)(C)C)c1nc2c(Br)cc(C3CC3)cn2n1. The largest absolute Gasteiger partial charge is 0.598 e. The van der Waals surface area contributed by atoms with E-state index < -0.39 is 11.4 Å². The standard InChI is InChI=1S/C15H21BrN4OS/c1-9(19-22(21)15(2,3)4)13-17-14-12(16)7-11(10-5-6-10)8-20(14)18-13/h7-10,19H,5-6H2,1-4H3/t9-,22?/m1/s1. The van der Waals surface area contributed by atoms with E-state index in [1.807, 2.05) is 32.2 Å². The third kappa shape index (κ3) is 3.32. The molecule has 0 spiro atoms. The molecule has 2 atom stereocenters. The lowest BCUT2D eigenvalue weighted by atomic mass is 10.2. The molecule has 1 saturated carbocycles. The van der Waals surface area contributed by atoms with Gasteiger partial charge in [0.15, 0.2) is 11.5 Å². The van der Waals surface area contributed by atoms with Crippen molar-refractivity contribution in [3.63, 3.8) is 0 Å². The van der Waals surface area contributed by atoms with Crippen molar-refractivity contribution in [3.05, 3.63) is 28.1 Å². The molecular formula is C15H21BrN4OS. The van der Waals surface area contributed by atoms with Crippen LogP contribution in [0, 0.1) is 0 Å². The van der Waals surface area contributed by atoms with Gasteiger partial charge in [-0.1, -0.05) is 0 Å². The van der Waals surface area contributed by atoms with Crippen molar-refractivity contribution in [2.24, 2.45) is 0 Å². The predicted octanol–water partition coefficient (Wildman–Crippen LogP) is 3.48. The minimum atomic E-state index is -1.15. The molecule has 22 heavy (non-hydrogen) atoms. The number of aromatic nitrogens is 3. The normalized spacial score (nSPS) is 18.6. The third-order valence-electron chi connectivity index (χ3n) is 3.70. The number of halogens is 1. The smallest absolute Gasteiger partial charge is 0.172 e. The van der Waals surface area contributed by atoms with E-state index >= 15 is 0 Å².